The number of aryl methyl sites for hydroxylation is 1. The second-order valence-corrected chi connectivity index (χ2v) is 8.57. The summed E-state index contributed by atoms with van der Waals surface area (Å²) in [5.74, 6) is 0.847. The van der Waals surface area contributed by atoms with Crippen LogP contribution in [0, 0.1) is 0 Å². The van der Waals surface area contributed by atoms with E-state index in [-0.39, 0.29) is 5.56 Å². The first-order valence-electron chi connectivity index (χ1n) is 11.9. The molecular weight excluding hydrogens is 424 g/mol. The molecule has 0 atom stereocenters. The zero-order valence-electron chi connectivity index (χ0n) is 19.8. The Balaban J connectivity index is 1.23. The normalized spacial score (nSPS) is 11.2. The monoisotopic (exact) mass is 456 g/mol. The number of unbranched alkanes of at least 4 members (excludes halogenated alkanes) is 2. The lowest BCUT2D eigenvalue weighted by molar-refractivity contribution is 0.251. The van der Waals surface area contributed by atoms with Gasteiger partial charge >= 0.3 is 0 Å². The fraction of sp³-hybridized carbons (Fsp3) is 0.321. The minimum atomic E-state index is -0.00121. The molecule has 4 rings (SSSR count). The molecule has 0 aliphatic heterocycles. The highest BCUT2D eigenvalue weighted by molar-refractivity contribution is 5.80. The van der Waals surface area contributed by atoms with Gasteiger partial charge in [-0.1, -0.05) is 12.1 Å². The summed E-state index contributed by atoms with van der Waals surface area (Å²) in [6.45, 7) is 3.56. The summed E-state index contributed by atoms with van der Waals surface area (Å²) in [7, 11) is 1.79. The van der Waals surface area contributed by atoms with Crippen molar-refractivity contribution < 1.29 is 4.74 Å². The third-order valence-corrected chi connectivity index (χ3v) is 6.04. The molecule has 0 amide bonds. The second kappa shape index (κ2) is 12.1. The number of pyridine rings is 3. The topological polar surface area (TPSA) is 60.2 Å². The highest BCUT2D eigenvalue weighted by Gasteiger charge is 2.08. The minimum absolute atomic E-state index is 0.00121. The van der Waals surface area contributed by atoms with Gasteiger partial charge in [0, 0.05) is 50.2 Å². The molecule has 3 aromatic heterocycles. The van der Waals surface area contributed by atoms with Gasteiger partial charge < -0.3 is 9.30 Å². The molecule has 0 aliphatic rings. The number of rotatable bonds is 12. The Labute approximate surface area is 200 Å². The van der Waals surface area contributed by atoms with Crippen LogP contribution in [-0.2, 0) is 20.0 Å². The van der Waals surface area contributed by atoms with E-state index in [0.717, 1.165) is 67.7 Å². The fourth-order valence-corrected chi connectivity index (χ4v) is 4.08. The van der Waals surface area contributed by atoms with Crippen molar-refractivity contribution in [3.63, 3.8) is 0 Å². The number of hydrogen-bond acceptors (Lipinski definition) is 5. The van der Waals surface area contributed by atoms with E-state index in [0.29, 0.717) is 6.61 Å². The van der Waals surface area contributed by atoms with Crippen LogP contribution in [0.3, 0.4) is 0 Å². The Hall–Kier alpha value is -3.51. The van der Waals surface area contributed by atoms with E-state index in [9.17, 15) is 4.79 Å². The predicted octanol–water partition coefficient (Wildman–Crippen LogP) is 4.62. The zero-order valence-corrected chi connectivity index (χ0v) is 19.8. The van der Waals surface area contributed by atoms with Crippen molar-refractivity contribution in [1.82, 2.24) is 19.4 Å². The van der Waals surface area contributed by atoms with Gasteiger partial charge in [0.2, 0.25) is 0 Å². The number of hydrogen-bond donors (Lipinski definition) is 0. The highest BCUT2D eigenvalue weighted by atomic mass is 16.5. The van der Waals surface area contributed by atoms with Gasteiger partial charge in [0.05, 0.1) is 17.8 Å². The highest BCUT2D eigenvalue weighted by Crippen LogP contribution is 2.19. The Morgan fingerprint density at radius 1 is 0.941 bits per heavy atom. The molecule has 176 valence electrons. The van der Waals surface area contributed by atoms with Gasteiger partial charge in [0.1, 0.15) is 5.75 Å². The molecule has 6 nitrogen and oxygen atoms in total. The summed E-state index contributed by atoms with van der Waals surface area (Å²) in [5.41, 5.74) is 3.28. The molecule has 0 radical (unpaired) electrons. The first-order valence-corrected chi connectivity index (χ1v) is 11.9. The quantitative estimate of drug-likeness (QED) is 0.291. The number of aromatic nitrogens is 3. The molecule has 1 aromatic carbocycles. The van der Waals surface area contributed by atoms with E-state index in [4.69, 9.17) is 4.74 Å². The minimum Gasteiger partial charge on any atom is -0.494 e. The average Bonchev–Trinajstić information content (AvgIpc) is 2.88. The maximum Gasteiger partial charge on any atom is 0.250 e. The summed E-state index contributed by atoms with van der Waals surface area (Å²) in [5, 5.41) is 1.01. The maximum absolute atomic E-state index is 11.8. The summed E-state index contributed by atoms with van der Waals surface area (Å²) in [6.07, 6.45) is 9.83. The molecule has 0 fully saturated rings. The van der Waals surface area contributed by atoms with Crippen molar-refractivity contribution >= 4 is 10.9 Å². The lowest BCUT2D eigenvalue weighted by atomic mass is 10.1. The van der Waals surface area contributed by atoms with E-state index >= 15 is 0 Å². The third kappa shape index (κ3) is 6.75. The van der Waals surface area contributed by atoms with Crippen LogP contribution in [0.5, 0.6) is 5.75 Å². The van der Waals surface area contributed by atoms with Crippen LogP contribution in [0.25, 0.3) is 10.9 Å². The van der Waals surface area contributed by atoms with Gasteiger partial charge in [-0.15, -0.1) is 0 Å². The average molecular weight is 457 g/mol. The number of ether oxygens (including phenoxy) is 1. The third-order valence-electron chi connectivity index (χ3n) is 6.04. The second-order valence-electron chi connectivity index (χ2n) is 8.57. The fourth-order valence-electron chi connectivity index (χ4n) is 4.08. The van der Waals surface area contributed by atoms with E-state index in [1.54, 1.807) is 17.7 Å². The van der Waals surface area contributed by atoms with Crippen LogP contribution >= 0.6 is 0 Å². The molecule has 4 aromatic rings. The van der Waals surface area contributed by atoms with Crippen molar-refractivity contribution in [3.05, 3.63) is 101 Å². The standard InChI is InChI=1S/C28H32N4O2/c1-31-27-12-11-26(20-24(27)10-13-28(31)33)34-19-6-2-5-17-32(22-25-9-3-4-16-30-25)18-14-23-8-7-15-29-21-23/h3-4,7-13,15-16,20-21H,2,5-6,14,17-19,22H2,1H3. The Morgan fingerprint density at radius 2 is 1.88 bits per heavy atom. The van der Waals surface area contributed by atoms with Crippen LogP contribution in [0.15, 0.2) is 84.0 Å². The van der Waals surface area contributed by atoms with Crippen molar-refractivity contribution in [2.75, 3.05) is 19.7 Å². The summed E-state index contributed by atoms with van der Waals surface area (Å²) < 4.78 is 7.63. The van der Waals surface area contributed by atoms with Crippen LogP contribution in [0.4, 0.5) is 0 Å². The maximum atomic E-state index is 11.8. The largest absolute Gasteiger partial charge is 0.494 e. The van der Waals surface area contributed by atoms with Gasteiger partial charge in [-0.2, -0.15) is 0 Å². The van der Waals surface area contributed by atoms with E-state index in [1.807, 2.05) is 61.1 Å². The molecule has 0 aliphatic carbocycles. The molecule has 0 N–H and O–H groups in total. The van der Waals surface area contributed by atoms with Crippen LogP contribution in [-0.4, -0.2) is 39.1 Å². The van der Waals surface area contributed by atoms with Crippen LogP contribution < -0.4 is 10.3 Å². The molecule has 3 heterocycles. The molecule has 0 saturated heterocycles. The predicted molar refractivity (Wildman–Crippen MR) is 136 cm³/mol. The molecular formula is C28H32N4O2. The molecule has 6 heteroatoms. The Morgan fingerprint density at radius 3 is 2.71 bits per heavy atom. The van der Waals surface area contributed by atoms with Crippen molar-refractivity contribution in [1.29, 1.82) is 0 Å². The molecule has 0 bridgehead atoms. The molecule has 0 spiro atoms. The van der Waals surface area contributed by atoms with Crippen LogP contribution in [0.2, 0.25) is 0 Å². The Bertz CT molecular complexity index is 1230. The summed E-state index contributed by atoms with van der Waals surface area (Å²) in [4.78, 5) is 23.0. The van der Waals surface area contributed by atoms with E-state index in [2.05, 4.69) is 27.0 Å². The van der Waals surface area contributed by atoms with Crippen molar-refractivity contribution in [3.8, 4) is 5.75 Å². The zero-order chi connectivity index (χ0) is 23.6. The molecule has 0 unspecified atom stereocenters. The number of benzene rings is 1. The van der Waals surface area contributed by atoms with Gasteiger partial charge in [-0.3, -0.25) is 19.7 Å². The Kier molecular flexibility index (Phi) is 8.41. The van der Waals surface area contributed by atoms with Gasteiger partial charge in [0.25, 0.3) is 5.56 Å². The number of fused-ring (bicyclic) bond motifs is 1. The first kappa shape index (κ1) is 23.6. The summed E-state index contributed by atoms with van der Waals surface area (Å²) in [6, 6.07) is 19.6. The van der Waals surface area contributed by atoms with Gasteiger partial charge in [-0.25, -0.2) is 0 Å². The molecule has 34 heavy (non-hydrogen) atoms. The van der Waals surface area contributed by atoms with Gasteiger partial charge in [-0.05, 0) is 80.3 Å². The number of nitrogens with zero attached hydrogens (tertiary/aromatic N) is 4. The van der Waals surface area contributed by atoms with E-state index in [1.165, 1.54) is 5.56 Å². The van der Waals surface area contributed by atoms with Crippen molar-refractivity contribution in [2.24, 2.45) is 7.05 Å². The van der Waals surface area contributed by atoms with E-state index < -0.39 is 0 Å². The summed E-state index contributed by atoms with van der Waals surface area (Å²) >= 11 is 0. The SMILES string of the molecule is Cn1c(=O)ccc2cc(OCCCCCN(CCc3cccnc3)Cc3ccccn3)ccc21. The van der Waals surface area contributed by atoms with Crippen molar-refractivity contribution in [2.45, 2.75) is 32.2 Å². The lowest BCUT2D eigenvalue weighted by Gasteiger charge is -2.22. The van der Waals surface area contributed by atoms with Crippen LogP contribution in [0.1, 0.15) is 30.5 Å². The lowest BCUT2D eigenvalue weighted by Crippen LogP contribution is -2.27. The smallest absolute Gasteiger partial charge is 0.250 e. The van der Waals surface area contributed by atoms with Gasteiger partial charge in [0.15, 0.2) is 0 Å². The molecule has 0 saturated carbocycles. The first-order chi connectivity index (χ1) is 16.7.